The fourth-order valence-corrected chi connectivity index (χ4v) is 4.44. The highest BCUT2D eigenvalue weighted by Gasteiger charge is 2.38. The first kappa shape index (κ1) is 19.9. The molecule has 0 saturated carbocycles. The van der Waals surface area contributed by atoms with Crippen molar-refractivity contribution in [1.29, 1.82) is 0 Å². The molecule has 1 aliphatic heterocycles. The minimum Gasteiger partial charge on any atom is -0.305 e. The van der Waals surface area contributed by atoms with Crippen molar-refractivity contribution < 1.29 is 9.59 Å². The van der Waals surface area contributed by atoms with Crippen LogP contribution >= 0.6 is 0 Å². The standard InChI is InChI=1S/C24H26N4O2/c1-16-14-23(26(4)25-16)24(30)27-17(2)15-22(20-12-8-9-13-21(20)27)28(18(3)29)19-10-6-5-7-11-19/h5-14,17,22H,15H2,1-4H3/t17-,22+/m1/s1. The lowest BCUT2D eigenvalue weighted by Crippen LogP contribution is -2.47. The van der Waals surface area contributed by atoms with Gasteiger partial charge in [0, 0.05) is 31.4 Å². The van der Waals surface area contributed by atoms with E-state index in [4.69, 9.17) is 0 Å². The molecule has 0 aliphatic carbocycles. The van der Waals surface area contributed by atoms with Gasteiger partial charge in [-0.25, -0.2) is 0 Å². The summed E-state index contributed by atoms with van der Waals surface area (Å²) in [6.07, 6.45) is 0.647. The number of amides is 2. The highest BCUT2D eigenvalue weighted by atomic mass is 16.2. The van der Waals surface area contributed by atoms with Gasteiger partial charge in [-0.1, -0.05) is 36.4 Å². The van der Waals surface area contributed by atoms with Crippen molar-refractivity contribution in [2.75, 3.05) is 9.80 Å². The average molecular weight is 402 g/mol. The molecular weight excluding hydrogens is 376 g/mol. The molecule has 2 amide bonds. The molecule has 6 heteroatoms. The molecule has 0 bridgehead atoms. The Kier molecular flexibility index (Phi) is 5.16. The van der Waals surface area contributed by atoms with E-state index in [1.807, 2.05) is 84.3 Å². The van der Waals surface area contributed by atoms with Crippen molar-refractivity contribution in [3.05, 3.63) is 77.6 Å². The number of hydrogen-bond donors (Lipinski definition) is 0. The molecule has 0 N–H and O–H groups in total. The number of aromatic nitrogens is 2. The van der Waals surface area contributed by atoms with Gasteiger partial charge in [0.2, 0.25) is 5.91 Å². The molecule has 6 nitrogen and oxygen atoms in total. The minimum absolute atomic E-state index is 0.0183. The summed E-state index contributed by atoms with van der Waals surface area (Å²) >= 11 is 0. The summed E-state index contributed by atoms with van der Waals surface area (Å²) in [6.45, 7) is 5.51. The maximum atomic E-state index is 13.5. The first-order valence-electron chi connectivity index (χ1n) is 10.2. The number of nitrogens with zero attached hydrogens (tertiary/aromatic N) is 4. The van der Waals surface area contributed by atoms with Gasteiger partial charge in [0.15, 0.2) is 0 Å². The predicted molar refractivity (Wildman–Crippen MR) is 118 cm³/mol. The number of hydrogen-bond acceptors (Lipinski definition) is 3. The molecule has 0 radical (unpaired) electrons. The third-order valence-electron chi connectivity index (χ3n) is 5.69. The summed E-state index contributed by atoms with van der Waals surface area (Å²) in [7, 11) is 1.79. The number of para-hydroxylation sites is 2. The highest BCUT2D eigenvalue weighted by Crippen LogP contribution is 2.42. The molecule has 154 valence electrons. The van der Waals surface area contributed by atoms with Crippen LogP contribution in [0, 0.1) is 6.92 Å². The van der Waals surface area contributed by atoms with Gasteiger partial charge in [-0.2, -0.15) is 5.10 Å². The van der Waals surface area contributed by atoms with Crippen molar-refractivity contribution in [2.45, 2.75) is 39.3 Å². The molecule has 0 fully saturated rings. The van der Waals surface area contributed by atoms with Gasteiger partial charge in [0.05, 0.1) is 11.7 Å². The third-order valence-corrected chi connectivity index (χ3v) is 5.69. The average Bonchev–Trinajstić information content (AvgIpc) is 3.06. The van der Waals surface area contributed by atoms with Gasteiger partial charge < -0.3 is 9.80 Å². The molecule has 2 atom stereocenters. The number of fused-ring (bicyclic) bond motifs is 1. The second-order valence-corrected chi connectivity index (χ2v) is 7.85. The second-order valence-electron chi connectivity index (χ2n) is 7.85. The zero-order chi connectivity index (χ0) is 21.4. The molecule has 30 heavy (non-hydrogen) atoms. The Morgan fingerprint density at radius 2 is 1.73 bits per heavy atom. The predicted octanol–water partition coefficient (Wildman–Crippen LogP) is 4.26. The van der Waals surface area contributed by atoms with Gasteiger partial charge in [0.25, 0.3) is 5.91 Å². The van der Waals surface area contributed by atoms with Gasteiger partial charge in [-0.05, 0) is 50.1 Å². The largest absolute Gasteiger partial charge is 0.305 e. The van der Waals surface area contributed by atoms with Crippen LogP contribution in [0.25, 0.3) is 0 Å². The topological polar surface area (TPSA) is 58.4 Å². The second kappa shape index (κ2) is 7.78. The lowest BCUT2D eigenvalue weighted by Gasteiger charge is -2.43. The lowest BCUT2D eigenvalue weighted by molar-refractivity contribution is -0.117. The van der Waals surface area contributed by atoms with E-state index in [0.717, 1.165) is 22.6 Å². The highest BCUT2D eigenvalue weighted by molar-refractivity contribution is 6.06. The van der Waals surface area contributed by atoms with Crippen molar-refractivity contribution >= 4 is 23.2 Å². The van der Waals surface area contributed by atoms with Crippen molar-refractivity contribution in [1.82, 2.24) is 9.78 Å². The fourth-order valence-electron chi connectivity index (χ4n) is 4.44. The van der Waals surface area contributed by atoms with Crippen LogP contribution in [-0.2, 0) is 11.8 Å². The van der Waals surface area contributed by atoms with E-state index in [-0.39, 0.29) is 23.9 Å². The monoisotopic (exact) mass is 402 g/mol. The third kappa shape index (κ3) is 3.38. The maximum absolute atomic E-state index is 13.5. The molecule has 1 aromatic heterocycles. The molecule has 0 spiro atoms. The molecule has 0 saturated heterocycles. The molecule has 2 aromatic carbocycles. The van der Waals surface area contributed by atoms with Gasteiger partial charge in [-0.15, -0.1) is 0 Å². The van der Waals surface area contributed by atoms with Gasteiger partial charge in [-0.3, -0.25) is 14.3 Å². The van der Waals surface area contributed by atoms with Crippen LogP contribution in [-0.4, -0.2) is 27.6 Å². The van der Waals surface area contributed by atoms with E-state index in [2.05, 4.69) is 5.10 Å². The summed E-state index contributed by atoms with van der Waals surface area (Å²) in [5, 5.41) is 4.33. The van der Waals surface area contributed by atoms with Crippen LogP contribution in [0.5, 0.6) is 0 Å². The smallest absolute Gasteiger partial charge is 0.276 e. The van der Waals surface area contributed by atoms with E-state index in [1.165, 1.54) is 0 Å². The quantitative estimate of drug-likeness (QED) is 0.658. The number of aryl methyl sites for hydroxylation is 2. The summed E-state index contributed by atoms with van der Waals surface area (Å²) in [5.41, 5.74) is 4.04. The van der Waals surface area contributed by atoms with Crippen LogP contribution < -0.4 is 9.80 Å². The van der Waals surface area contributed by atoms with Crippen LogP contribution in [0.3, 0.4) is 0 Å². The van der Waals surface area contributed by atoms with Crippen LogP contribution in [0.2, 0.25) is 0 Å². The van der Waals surface area contributed by atoms with Gasteiger partial charge in [0.1, 0.15) is 5.69 Å². The fraction of sp³-hybridized carbons (Fsp3) is 0.292. The molecule has 0 unspecified atom stereocenters. The van der Waals surface area contributed by atoms with E-state index in [1.54, 1.807) is 18.7 Å². The number of carbonyl (C=O) groups is 2. The number of rotatable bonds is 3. The zero-order valence-corrected chi connectivity index (χ0v) is 17.7. The molecular formula is C24H26N4O2. The van der Waals surface area contributed by atoms with E-state index < -0.39 is 0 Å². The summed E-state index contributed by atoms with van der Waals surface area (Å²) in [4.78, 5) is 29.8. The first-order valence-corrected chi connectivity index (χ1v) is 10.2. The molecule has 4 rings (SSSR count). The van der Waals surface area contributed by atoms with E-state index in [0.29, 0.717) is 12.1 Å². The Balaban J connectivity index is 1.80. The van der Waals surface area contributed by atoms with Crippen molar-refractivity contribution in [3.63, 3.8) is 0 Å². The SMILES string of the molecule is CC(=O)N(c1ccccc1)[C@H]1C[C@@H](C)N(C(=O)c2cc(C)nn2C)c2ccccc21. The Bertz CT molecular complexity index is 1090. The Morgan fingerprint density at radius 3 is 2.37 bits per heavy atom. The minimum atomic E-state index is -0.145. The Hall–Kier alpha value is -3.41. The Morgan fingerprint density at radius 1 is 1.07 bits per heavy atom. The zero-order valence-electron chi connectivity index (χ0n) is 17.7. The molecule has 1 aliphatic rings. The summed E-state index contributed by atoms with van der Waals surface area (Å²) in [6, 6.07) is 19.2. The van der Waals surface area contributed by atoms with Crippen molar-refractivity contribution in [2.24, 2.45) is 7.05 Å². The summed E-state index contributed by atoms with van der Waals surface area (Å²) in [5.74, 6) is -0.0965. The Labute approximate surface area is 176 Å². The molecule has 3 aromatic rings. The lowest BCUT2D eigenvalue weighted by atomic mass is 9.89. The van der Waals surface area contributed by atoms with Crippen LogP contribution in [0.4, 0.5) is 11.4 Å². The van der Waals surface area contributed by atoms with Crippen LogP contribution in [0.15, 0.2) is 60.7 Å². The number of carbonyl (C=O) groups excluding carboxylic acids is 2. The maximum Gasteiger partial charge on any atom is 0.276 e. The normalized spacial score (nSPS) is 18.1. The first-order chi connectivity index (χ1) is 14.4. The van der Waals surface area contributed by atoms with Crippen LogP contribution in [0.1, 0.15) is 48.1 Å². The van der Waals surface area contributed by atoms with Crippen molar-refractivity contribution in [3.8, 4) is 0 Å². The number of anilines is 2. The van der Waals surface area contributed by atoms with E-state index in [9.17, 15) is 9.59 Å². The molecule has 2 heterocycles. The van der Waals surface area contributed by atoms with E-state index >= 15 is 0 Å². The summed E-state index contributed by atoms with van der Waals surface area (Å²) < 4.78 is 1.63. The number of benzene rings is 2. The van der Waals surface area contributed by atoms with Gasteiger partial charge >= 0.3 is 0 Å².